The number of pyridine rings is 1. The van der Waals surface area contributed by atoms with Crippen LogP contribution in [0.4, 0.5) is 11.5 Å². The van der Waals surface area contributed by atoms with Crippen molar-refractivity contribution in [1.82, 2.24) is 4.98 Å². The third-order valence-electron chi connectivity index (χ3n) is 2.48. The van der Waals surface area contributed by atoms with E-state index >= 15 is 0 Å². The molecule has 0 fully saturated rings. The Morgan fingerprint density at radius 1 is 1.38 bits per heavy atom. The van der Waals surface area contributed by atoms with E-state index in [1.54, 1.807) is 13.3 Å². The molecule has 0 bridgehead atoms. The number of aromatic nitrogens is 1. The molecule has 1 heterocycles. The molecule has 0 aliphatic carbocycles. The Morgan fingerprint density at radius 3 is 2.88 bits per heavy atom. The van der Waals surface area contributed by atoms with Gasteiger partial charge >= 0.3 is 0 Å². The van der Waals surface area contributed by atoms with Gasteiger partial charge in [-0.25, -0.2) is 4.98 Å². The third kappa shape index (κ3) is 4.49. The highest BCUT2D eigenvalue weighted by Gasteiger charge is 1.97. The molecule has 0 unspecified atom stereocenters. The van der Waals surface area contributed by atoms with Crippen LogP contribution in [0.3, 0.4) is 0 Å². The van der Waals surface area contributed by atoms with E-state index in [-0.39, 0.29) is 0 Å². The van der Waals surface area contributed by atoms with Crippen molar-refractivity contribution in [3.05, 3.63) is 17.8 Å². The Bertz CT molecular complexity index is 315. The lowest BCUT2D eigenvalue weighted by atomic mass is 10.2. The molecule has 0 aliphatic heterocycles. The maximum Gasteiger partial charge on any atom is 0.126 e. The van der Waals surface area contributed by atoms with Crippen molar-refractivity contribution in [3.8, 4) is 0 Å². The molecule has 0 atom stereocenters. The highest BCUT2D eigenvalue weighted by atomic mass is 16.5. The molecule has 1 rings (SSSR count). The molecule has 0 saturated carbocycles. The van der Waals surface area contributed by atoms with E-state index in [1.165, 1.54) is 6.42 Å². The number of aryl methyl sites for hydroxylation is 1. The van der Waals surface area contributed by atoms with E-state index in [0.29, 0.717) is 0 Å². The van der Waals surface area contributed by atoms with E-state index in [9.17, 15) is 0 Å². The van der Waals surface area contributed by atoms with Crippen LogP contribution in [0.1, 0.15) is 24.8 Å². The smallest absolute Gasteiger partial charge is 0.126 e. The van der Waals surface area contributed by atoms with Crippen LogP contribution in [0.25, 0.3) is 0 Å². The molecule has 16 heavy (non-hydrogen) atoms. The van der Waals surface area contributed by atoms with Crippen LogP contribution in [0, 0.1) is 6.92 Å². The molecule has 0 radical (unpaired) electrons. The number of rotatable bonds is 7. The molecule has 1 aromatic rings. The zero-order chi connectivity index (χ0) is 11.8. The summed E-state index contributed by atoms with van der Waals surface area (Å²) >= 11 is 0. The van der Waals surface area contributed by atoms with Crippen molar-refractivity contribution in [2.45, 2.75) is 26.2 Å². The van der Waals surface area contributed by atoms with Gasteiger partial charge in [0.05, 0.1) is 11.9 Å². The number of nitrogen functional groups attached to an aromatic ring is 1. The second-order valence-electron chi connectivity index (χ2n) is 3.91. The van der Waals surface area contributed by atoms with Crippen LogP contribution in [0.2, 0.25) is 0 Å². The summed E-state index contributed by atoms with van der Waals surface area (Å²) < 4.78 is 4.99. The second-order valence-corrected chi connectivity index (χ2v) is 3.91. The predicted octanol–water partition coefficient (Wildman–Crippen LogP) is 2.20. The first-order valence-corrected chi connectivity index (χ1v) is 5.69. The standard InChI is InChI=1S/C12H21N3O/c1-10-8-12(15-9-11(10)13)14-6-4-3-5-7-16-2/h8-9H,3-7,13H2,1-2H3,(H,14,15). The summed E-state index contributed by atoms with van der Waals surface area (Å²) in [6, 6.07) is 1.98. The Morgan fingerprint density at radius 2 is 2.19 bits per heavy atom. The maximum absolute atomic E-state index is 5.69. The molecule has 0 saturated heterocycles. The van der Waals surface area contributed by atoms with Gasteiger partial charge in [-0.1, -0.05) is 0 Å². The number of unbranched alkanes of at least 4 members (excludes halogenated alkanes) is 2. The summed E-state index contributed by atoms with van der Waals surface area (Å²) in [6.07, 6.45) is 5.12. The highest BCUT2D eigenvalue weighted by molar-refractivity contribution is 5.50. The normalized spacial score (nSPS) is 10.4. The zero-order valence-electron chi connectivity index (χ0n) is 10.1. The van der Waals surface area contributed by atoms with Gasteiger partial charge in [0.1, 0.15) is 5.82 Å². The van der Waals surface area contributed by atoms with Crippen molar-refractivity contribution in [2.75, 3.05) is 31.3 Å². The van der Waals surface area contributed by atoms with E-state index in [0.717, 1.165) is 43.1 Å². The highest BCUT2D eigenvalue weighted by Crippen LogP contribution is 2.13. The predicted molar refractivity (Wildman–Crippen MR) is 67.6 cm³/mol. The van der Waals surface area contributed by atoms with Gasteiger partial charge in [0, 0.05) is 20.3 Å². The largest absolute Gasteiger partial charge is 0.397 e. The molecule has 3 N–H and O–H groups in total. The molecule has 90 valence electrons. The molecular weight excluding hydrogens is 202 g/mol. The summed E-state index contributed by atoms with van der Waals surface area (Å²) in [4.78, 5) is 4.21. The van der Waals surface area contributed by atoms with Gasteiger partial charge in [-0.05, 0) is 37.8 Å². The summed E-state index contributed by atoms with van der Waals surface area (Å²) in [5.74, 6) is 0.901. The van der Waals surface area contributed by atoms with Gasteiger partial charge in [-0.2, -0.15) is 0 Å². The Hall–Kier alpha value is -1.29. The number of nitrogens with zero attached hydrogens (tertiary/aromatic N) is 1. The fraction of sp³-hybridized carbons (Fsp3) is 0.583. The van der Waals surface area contributed by atoms with Crippen LogP contribution >= 0.6 is 0 Å². The van der Waals surface area contributed by atoms with Gasteiger partial charge in [0.25, 0.3) is 0 Å². The zero-order valence-corrected chi connectivity index (χ0v) is 10.1. The quantitative estimate of drug-likeness (QED) is 0.696. The van der Waals surface area contributed by atoms with Gasteiger partial charge in [-0.15, -0.1) is 0 Å². The average molecular weight is 223 g/mol. The van der Waals surface area contributed by atoms with Gasteiger partial charge in [-0.3, -0.25) is 0 Å². The Labute approximate surface area is 97.2 Å². The molecule has 0 aliphatic rings. The van der Waals surface area contributed by atoms with E-state index in [4.69, 9.17) is 10.5 Å². The number of nitrogens with two attached hydrogens (primary N) is 1. The average Bonchev–Trinajstić information content (AvgIpc) is 2.28. The lowest BCUT2D eigenvalue weighted by Crippen LogP contribution is -2.04. The van der Waals surface area contributed by atoms with Crippen molar-refractivity contribution in [3.63, 3.8) is 0 Å². The van der Waals surface area contributed by atoms with Crippen molar-refractivity contribution < 1.29 is 4.74 Å². The molecule has 0 amide bonds. The first-order chi connectivity index (χ1) is 7.74. The number of hydrogen-bond acceptors (Lipinski definition) is 4. The van der Waals surface area contributed by atoms with E-state index in [2.05, 4.69) is 10.3 Å². The van der Waals surface area contributed by atoms with Gasteiger partial charge in [0.2, 0.25) is 0 Å². The van der Waals surface area contributed by atoms with Crippen molar-refractivity contribution >= 4 is 11.5 Å². The lowest BCUT2D eigenvalue weighted by Gasteiger charge is -2.07. The van der Waals surface area contributed by atoms with E-state index < -0.39 is 0 Å². The van der Waals surface area contributed by atoms with Crippen LogP contribution in [0.5, 0.6) is 0 Å². The monoisotopic (exact) mass is 223 g/mol. The van der Waals surface area contributed by atoms with Crippen LogP contribution in [-0.4, -0.2) is 25.2 Å². The van der Waals surface area contributed by atoms with Crippen LogP contribution in [0.15, 0.2) is 12.3 Å². The summed E-state index contributed by atoms with van der Waals surface area (Å²) in [5, 5.41) is 3.28. The van der Waals surface area contributed by atoms with Gasteiger partial charge < -0.3 is 15.8 Å². The van der Waals surface area contributed by atoms with E-state index in [1.807, 2.05) is 13.0 Å². The molecular formula is C12H21N3O. The number of methoxy groups -OCH3 is 1. The number of ether oxygens (including phenoxy) is 1. The number of hydrogen-bond donors (Lipinski definition) is 2. The number of anilines is 2. The fourth-order valence-electron chi connectivity index (χ4n) is 1.43. The lowest BCUT2D eigenvalue weighted by molar-refractivity contribution is 0.192. The third-order valence-corrected chi connectivity index (χ3v) is 2.48. The molecule has 4 heteroatoms. The minimum atomic E-state index is 0.741. The minimum Gasteiger partial charge on any atom is -0.397 e. The van der Waals surface area contributed by atoms with Crippen molar-refractivity contribution in [1.29, 1.82) is 0 Å². The fourth-order valence-corrected chi connectivity index (χ4v) is 1.43. The topological polar surface area (TPSA) is 60.2 Å². The summed E-state index contributed by atoms with van der Waals surface area (Å²) in [6.45, 7) is 3.78. The first kappa shape index (κ1) is 12.8. The summed E-state index contributed by atoms with van der Waals surface area (Å²) in [5.41, 5.74) is 7.50. The number of nitrogens with one attached hydrogen (secondary N) is 1. The molecule has 1 aromatic heterocycles. The molecule has 4 nitrogen and oxygen atoms in total. The maximum atomic E-state index is 5.69. The summed E-state index contributed by atoms with van der Waals surface area (Å²) in [7, 11) is 1.74. The minimum absolute atomic E-state index is 0.741. The Kier molecular flexibility index (Phi) is 5.64. The Balaban J connectivity index is 2.19. The van der Waals surface area contributed by atoms with Crippen LogP contribution < -0.4 is 11.1 Å². The van der Waals surface area contributed by atoms with Gasteiger partial charge in [0.15, 0.2) is 0 Å². The molecule has 0 aromatic carbocycles. The van der Waals surface area contributed by atoms with Crippen molar-refractivity contribution in [2.24, 2.45) is 0 Å². The first-order valence-electron chi connectivity index (χ1n) is 5.69. The molecule has 0 spiro atoms. The van der Waals surface area contributed by atoms with Crippen LogP contribution in [-0.2, 0) is 4.74 Å². The SMILES string of the molecule is COCCCCCNc1cc(C)c(N)cn1. The second kappa shape index (κ2) is 7.06.